The Bertz CT molecular complexity index is 1430. The summed E-state index contributed by atoms with van der Waals surface area (Å²) in [6.45, 7) is 8.77. The third-order valence-electron chi connectivity index (χ3n) is 6.21. The maximum Gasteiger partial charge on any atom is 0.341 e. The molecule has 0 aliphatic carbocycles. The lowest BCUT2D eigenvalue weighted by molar-refractivity contribution is -0.113. The zero-order chi connectivity index (χ0) is 27.9. The first-order valence-corrected chi connectivity index (χ1v) is 14.4. The number of hydrogen-bond acceptors (Lipinski definition) is 8. The molecule has 204 valence electrons. The fourth-order valence-electron chi connectivity index (χ4n) is 4.19. The molecule has 2 aromatic carbocycles. The molecule has 8 nitrogen and oxygen atoms in total. The van der Waals surface area contributed by atoms with Crippen molar-refractivity contribution >= 4 is 45.7 Å². The molecular formula is C28H30FN5O3S2. The average molecular weight is 568 g/mol. The van der Waals surface area contributed by atoms with E-state index in [4.69, 9.17) is 4.74 Å². The van der Waals surface area contributed by atoms with Crippen LogP contribution >= 0.6 is 23.1 Å². The van der Waals surface area contributed by atoms with Gasteiger partial charge in [-0.25, -0.2) is 9.18 Å². The fourth-order valence-corrected chi connectivity index (χ4v) is 5.97. The number of ether oxygens (including phenoxy) is 1. The molecule has 4 aromatic rings. The molecule has 0 bridgehead atoms. The first kappa shape index (κ1) is 28.3. The number of halogens is 1. The highest BCUT2D eigenvalue weighted by atomic mass is 32.2. The third-order valence-corrected chi connectivity index (χ3v) is 8.07. The zero-order valence-electron chi connectivity index (χ0n) is 22.2. The highest BCUT2D eigenvalue weighted by Gasteiger charge is 2.23. The van der Waals surface area contributed by atoms with Gasteiger partial charge in [0.25, 0.3) is 0 Å². The minimum atomic E-state index is -0.582. The largest absolute Gasteiger partial charge is 0.465 e. The van der Waals surface area contributed by atoms with Crippen LogP contribution in [-0.4, -0.2) is 52.6 Å². The van der Waals surface area contributed by atoms with Crippen molar-refractivity contribution in [2.24, 2.45) is 0 Å². The standard InChI is InChI=1S/C28H30FN5O3S2/c1-5-33(6-2)21-14-10-19(11-15-21)25-31-32-28(34(25)7-3)39-17-23(35)30-26-24(27(36)37-4)22(16-38-26)18-8-12-20(29)13-9-18/h8-16H,5-7,17H2,1-4H3,(H,30,35). The Morgan fingerprint density at radius 3 is 2.31 bits per heavy atom. The SMILES string of the molecule is CCN(CC)c1ccc(-c2nnc(SCC(=O)Nc3scc(-c4ccc(F)cc4)c3C(=O)OC)n2CC)cc1. The number of anilines is 2. The van der Waals surface area contributed by atoms with Gasteiger partial charge in [0.15, 0.2) is 11.0 Å². The molecule has 0 aliphatic heterocycles. The smallest absolute Gasteiger partial charge is 0.341 e. The number of rotatable bonds is 11. The Labute approximate surface area is 235 Å². The normalized spacial score (nSPS) is 10.9. The van der Waals surface area contributed by atoms with E-state index in [1.165, 1.54) is 42.3 Å². The first-order valence-electron chi connectivity index (χ1n) is 12.6. The van der Waals surface area contributed by atoms with Crippen LogP contribution in [0, 0.1) is 5.82 Å². The molecule has 0 saturated carbocycles. The van der Waals surface area contributed by atoms with Crippen LogP contribution in [0.15, 0.2) is 59.1 Å². The monoisotopic (exact) mass is 567 g/mol. The highest BCUT2D eigenvalue weighted by molar-refractivity contribution is 7.99. The number of thioether (sulfide) groups is 1. The first-order chi connectivity index (χ1) is 18.9. The number of esters is 1. The Morgan fingerprint density at radius 2 is 1.69 bits per heavy atom. The van der Waals surface area contributed by atoms with Crippen LogP contribution in [0.5, 0.6) is 0 Å². The number of nitrogens with zero attached hydrogens (tertiary/aromatic N) is 4. The van der Waals surface area contributed by atoms with Gasteiger partial charge in [-0.2, -0.15) is 0 Å². The van der Waals surface area contributed by atoms with E-state index >= 15 is 0 Å². The van der Waals surface area contributed by atoms with Crippen LogP contribution in [0.4, 0.5) is 15.1 Å². The van der Waals surface area contributed by atoms with Crippen molar-refractivity contribution in [3.8, 4) is 22.5 Å². The van der Waals surface area contributed by atoms with Crippen molar-refractivity contribution in [2.75, 3.05) is 36.2 Å². The topological polar surface area (TPSA) is 89.3 Å². The molecule has 0 saturated heterocycles. The van der Waals surface area contributed by atoms with E-state index in [0.29, 0.717) is 27.8 Å². The summed E-state index contributed by atoms with van der Waals surface area (Å²) < 4.78 is 20.3. The molecule has 2 aromatic heterocycles. The van der Waals surface area contributed by atoms with Crippen LogP contribution in [0.2, 0.25) is 0 Å². The minimum Gasteiger partial charge on any atom is -0.465 e. The van der Waals surface area contributed by atoms with Crippen molar-refractivity contribution in [2.45, 2.75) is 32.5 Å². The molecule has 11 heteroatoms. The van der Waals surface area contributed by atoms with Crippen LogP contribution in [-0.2, 0) is 16.1 Å². The molecule has 0 fully saturated rings. The Morgan fingerprint density at radius 1 is 1.03 bits per heavy atom. The van der Waals surface area contributed by atoms with E-state index < -0.39 is 5.97 Å². The number of nitrogens with one attached hydrogen (secondary N) is 1. The summed E-state index contributed by atoms with van der Waals surface area (Å²) >= 11 is 2.48. The summed E-state index contributed by atoms with van der Waals surface area (Å²) in [6.07, 6.45) is 0. The lowest BCUT2D eigenvalue weighted by atomic mass is 10.0. The lowest BCUT2D eigenvalue weighted by Gasteiger charge is -2.21. The second kappa shape index (κ2) is 12.9. The van der Waals surface area contributed by atoms with Crippen LogP contribution < -0.4 is 10.2 Å². The molecule has 0 unspecified atom stereocenters. The van der Waals surface area contributed by atoms with Gasteiger partial charge in [-0.15, -0.1) is 21.5 Å². The quantitative estimate of drug-likeness (QED) is 0.171. The van der Waals surface area contributed by atoms with Gasteiger partial charge in [-0.3, -0.25) is 4.79 Å². The van der Waals surface area contributed by atoms with Crippen LogP contribution in [0.3, 0.4) is 0 Å². The molecular weight excluding hydrogens is 537 g/mol. The number of amides is 1. The van der Waals surface area contributed by atoms with E-state index in [0.717, 1.165) is 30.2 Å². The molecule has 0 atom stereocenters. The number of benzene rings is 2. The molecule has 4 rings (SSSR count). The number of hydrogen-bond donors (Lipinski definition) is 1. The van der Waals surface area contributed by atoms with Gasteiger partial charge >= 0.3 is 5.97 Å². The highest BCUT2D eigenvalue weighted by Crippen LogP contribution is 2.36. The molecule has 0 spiro atoms. The maximum atomic E-state index is 13.4. The van der Waals surface area contributed by atoms with Crippen LogP contribution in [0.1, 0.15) is 31.1 Å². The van der Waals surface area contributed by atoms with Gasteiger partial charge in [-0.1, -0.05) is 23.9 Å². The number of carbonyl (C=O) groups is 2. The van der Waals surface area contributed by atoms with Crippen LogP contribution in [0.25, 0.3) is 22.5 Å². The van der Waals surface area contributed by atoms with Crippen molar-refractivity contribution in [3.05, 3.63) is 65.3 Å². The number of thiophene rings is 1. The van der Waals surface area contributed by atoms with Gasteiger partial charge in [0, 0.05) is 41.8 Å². The summed E-state index contributed by atoms with van der Waals surface area (Å²) in [7, 11) is 1.28. The molecule has 1 amide bonds. The van der Waals surface area contributed by atoms with Gasteiger partial charge in [-0.05, 0) is 62.7 Å². The molecule has 1 N–H and O–H groups in total. The van der Waals surface area contributed by atoms with Crippen molar-refractivity contribution in [1.29, 1.82) is 0 Å². The molecule has 39 heavy (non-hydrogen) atoms. The summed E-state index contributed by atoms with van der Waals surface area (Å²) in [4.78, 5) is 27.7. The average Bonchev–Trinajstić information content (AvgIpc) is 3.57. The molecule has 0 radical (unpaired) electrons. The second-order valence-corrected chi connectivity index (χ2v) is 10.3. The van der Waals surface area contributed by atoms with Crippen molar-refractivity contribution in [1.82, 2.24) is 14.8 Å². The van der Waals surface area contributed by atoms with Crippen molar-refractivity contribution in [3.63, 3.8) is 0 Å². The number of carbonyl (C=O) groups excluding carboxylic acids is 2. The van der Waals surface area contributed by atoms with E-state index in [1.54, 1.807) is 17.5 Å². The van der Waals surface area contributed by atoms with E-state index in [2.05, 4.69) is 46.4 Å². The third kappa shape index (κ3) is 6.31. The molecule has 0 aliphatic rings. The number of aromatic nitrogens is 3. The summed E-state index contributed by atoms with van der Waals surface area (Å²) in [5.74, 6) is -0.446. The Hall–Kier alpha value is -3.70. The van der Waals surface area contributed by atoms with Gasteiger partial charge in [0.2, 0.25) is 5.91 Å². The Kier molecular flexibility index (Phi) is 9.36. The fraction of sp³-hybridized carbons (Fsp3) is 0.286. The minimum absolute atomic E-state index is 0.0728. The summed E-state index contributed by atoms with van der Waals surface area (Å²) in [5, 5.41) is 14.3. The summed E-state index contributed by atoms with van der Waals surface area (Å²) in [5.41, 5.74) is 3.56. The lowest BCUT2D eigenvalue weighted by Crippen LogP contribution is -2.21. The predicted molar refractivity (Wildman–Crippen MR) is 155 cm³/mol. The second-order valence-electron chi connectivity index (χ2n) is 8.46. The predicted octanol–water partition coefficient (Wildman–Crippen LogP) is 6.20. The van der Waals surface area contributed by atoms with Crippen molar-refractivity contribution < 1.29 is 18.7 Å². The molecule has 2 heterocycles. The van der Waals surface area contributed by atoms with Gasteiger partial charge in [0.1, 0.15) is 16.4 Å². The summed E-state index contributed by atoms with van der Waals surface area (Å²) in [6, 6.07) is 14.0. The van der Waals surface area contributed by atoms with E-state index in [1.807, 2.05) is 23.6 Å². The zero-order valence-corrected chi connectivity index (χ0v) is 23.9. The van der Waals surface area contributed by atoms with Gasteiger partial charge < -0.3 is 19.5 Å². The maximum absolute atomic E-state index is 13.4. The van der Waals surface area contributed by atoms with Gasteiger partial charge in [0.05, 0.1) is 12.9 Å². The number of methoxy groups -OCH3 is 1. The van der Waals surface area contributed by atoms with E-state index in [9.17, 15) is 14.0 Å². The van der Waals surface area contributed by atoms with E-state index in [-0.39, 0.29) is 23.0 Å². The Balaban J connectivity index is 1.48.